The minimum Gasteiger partial charge on any atom is -0.494 e. The Balaban J connectivity index is 1.82. The van der Waals surface area contributed by atoms with Gasteiger partial charge >= 0.3 is 0 Å². The van der Waals surface area contributed by atoms with E-state index in [1.165, 1.54) is 0 Å². The van der Waals surface area contributed by atoms with Gasteiger partial charge in [-0.15, -0.1) is 0 Å². The van der Waals surface area contributed by atoms with E-state index in [1.807, 2.05) is 49.4 Å². The summed E-state index contributed by atoms with van der Waals surface area (Å²) in [6, 6.07) is 15.0. The Labute approximate surface area is 155 Å². The summed E-state index contributed by atoms with van der Waals surface area (Å²) in [7, 11) is 0. The van der Waals surface area contributed by atoms with Crippen molar-refractivity contribution in [2.45, 2.75) is 6.92 Å². The molecule has 0 atom stereocenters. The van der Waals surface area contributed by atoms with Crippen molar-refractivity contribution in [3.8, 4) is 17.1 Å². The van der Waals surface area contributed by atoms with Crippen LogP contribution in [0.4, 0.5) is 0 Å². The molecule has 0 aliphatic carbocycles. The molecule has 0 spiro atoms. The van der Waals surface area contributed by atoms with Gasteiger partial charge in [-0.05, 0) is 49.5 Å². The summed E-state index contributed by atoms with van der Waals surface area (Å²) >= 11 is 11.4. The Kier molecular flexibility index (Phi) is 5.47. The summed E-state index contributed by atoms with van der Waals surface area (Å²) in [5.41, 5.74) is 4.55. The molecule has 0 aliphatic heterocycles. The van der Waals surface area contributed by atoms with Crippen molar-refractivity contribution in [3.63, 3.8) is 0 Å². The number of benzene rings is 2. The molecule has 0 radical (unpaired) electrons. The number of aromatic nitrogens is 3. The molecular formula is C17H16ClN5OS. The van der Waals surface area contributed by atoms with Crippen molar-refractivity contribution < 1.29 is 4.74 Å². The molecule has 0 unspecified atom stereocenters. The lowest BCUT2D eigenvalue weighted by atomic mass is 10.2. The number of hydrazone groups is 1. The van der Waals surface area contributed by atoms with Crippen molar-refractivity contribution in [1.29, 1.82) is 0 Å². The van der Waals surface area contributed by atoms with Crippen molar-refractivity contribution >= 4 is 30.0 Å². The van der Waals surface area contributed by atoms with Crippen LogP contribution in [0.25, 0.3) is 11.4 Å². The molecule has 0 bridgehead atoms. The van der Waals surface area contributed by atoms with E-state index in [1.54, 1.807) is 17.0 Å². The number of nitrogens with zero attached hydrogens (tertiary/aromatic N) is 3. The lowest BCUT2D eigenvalue weighted by molar-refractivity contribution is 0.340. The number of hydrogen-bond donors (Lipinski definition) is 2. The van der Waals surface area contributed by atoms with Crippen LogP contribution in [-0.4, -0.2) is 27.7 Å². The Morgan fingerprint density at radius 2 is 2.04 bits per heavy atom. The van der Waals surface area contributed by atoms with E-state index in [4.69, 9.17) is 28.6 Å². The van der Waals surface area contributed by atoms with E-state index in [0.29, 0.717) is 22.2 Å². The van der Waals surface area contributed by atoms with Gasteiger partial charge < -0.3 is 4.74 Å². The van der Waals surface area contributed by atoms with Crippen LogP contribution in [0.3, 0.4) is 0 Å². The molecule has 25 heavy (non-hydrogen) atoms. The van der Waals surface area contributed by atoms with Gasteiger partial charge in [0.25, 0.3) is 0 Å². The van der Waals surface area contributed by atoms with Crippen LogP contribution in [-0.2, 0) is 0 Å². The van der Waals surface area contributed by atoms with E-state index in [-0.39, 0.29) is 0 Å². The molecular weight excluding hydrogens is 358 g/mol. The zero-order valence-electron chi connectivity index (χ0n) is 13.4. The average molecular weight is 374 g/mol. The fraction of sp³-hybridized carbons (Fsp3) is 0.118. The number of ether oxygens (including phenoxy) is 1. The standard InChI is InChI=1S/C17H16ClN5OS/c1-2-24-14-9-7-12(8-10-14)16-20-21-17(25)23(16)22-19-11-13-5-3-4-6-15(13)18/h3-11,22H,2H2,1H3,(H,21,25)/b19-11+. The largest absolute Gasteiger partial charge is 0.494 e. The number of hydrogen-bond acceptors (Lipinski definition) is 5. The third kappa shape index (κ3) is 4.07. The molecule has 0 saturated heterocycles. The van der Waals surface area contributed by atoms with E-state index in [2.05, 4.69) is 20.8 Å². The van der Waals surface area contributed by atoms with E-state index in [9.17, 15) is 0 Å². The molecule has 128 valence electrons. The molecule has 1 aromatic heterocycles. The van der Waals surface area contributed by atoms with Crippen molar-refractivity contribution in [2.75, 3.05) is 12.1 Å². The Hall–Kier alpha value is -2.64. The fourth-order valence-corrected chi connectivity index (χ4v) is 2.54. The van der Waals surface area contributed by atoms with Crippen molar-refractivity contribution in [1.82, 2.24) is 14.9 Å². The molecule has 3 rings (SSSR count). The average Bonchev–Trinajstić information content (AvgIpc) is 2.98. The van der Waals surface area contributed by atoms with Gasteiger partial charge in [0.05, 0.1) is 12.8 Å². The maximum absolute atomic E-state index is 6.11. The summed E-state index contributed by atoms with van der Waals surface area (Å²) in [5.74, 6) is 1.42. The molecule has 8 heteroatoms. The highest BCUT2D eigenvalue weighted by Gasteiger charge is 2.08. The first kappa shape index (κ1) is 17.2. The minimum absolute atomic E-state index is 0.403. The topological polar surface area (TPSA) is 67.2 Å². The second-order valence-corrected chi connectivity index (χ2v) is 5.82. The second-order valence-electron chi connectivity index (χ2n) is 5.02. The van der Waals surface area contributed by atoms with E-state index >= 15 is 0 Å². The molecule has 0 amide bonds. The van der Waals surface area contributed by atoms with Crippen LogP contribution in [0.15, 0.2) is 53.6 Å². The SMILES string of the molecule is CCOc1ccc(-c2n[nH]c(=S)n2N/N=C/c2ccccc2Cl)cc1. The van der Waals surface area contributed by atoms with Crippen LogP contribution >= 0.6 is 23.8 Å². The molecule has 6 nitrogen and oxygen atoms in total. The highest BCUT2D eigenvalue weighted by Crippen LogP contribution is 2.20. The first-order chi connectivity index (χ1) is 12.2. The molecule has 3 aromatic rings. The van der Waals surface area contributed by atoms with Gasteiger partial charge in [-0.25, -0.2) is 10.6 Å². The van der Waals surface area contributed by atoms with Gasteiger partial charge in [-0.1, -0.05) is 29.8 Å². The predicted octanol–water partition coefficient (Wildman–Crippen LogP) is 4.24. The smallest absolute Gasteiger partial charge is 0.216 e. The molecule has 0 saturated carbocycles. The van der Waals surface area contributed by atoms with Crippen molar-refractivity contribution in [3.05, 3.63) is 63.9 Å². The third-order valence-corrected chi connectivity index (χ3v) is 3.98. The van der Waals surface area contributed by atoms with Crippen LogP contribution in [0.1, 0.15) is 12.5 Å². The predicted molar refractivity (Wildman–Crippen MR) is 102 cm³/mol. The van der Waals surface area contributed by atoms with Gasteiger partial charge in [0.1, 0.15) is 5.75 Å². The Morgan fingerprint density at radius 3 is 2.76 bits per heavy atom. The molecule has 0 fully saturated rings. The molecule has 2 N–H and O–H groups in total. The number of nitrogens with one attached hydrogen (secondary N) is 2. The normalized spacial score (nSPS) is 11.0. The van der Waals surface area contributed by atoms with Gasteiger partial charge in [0.15, 0.2) is 5.82 Å². The van der Waals surface area contributed by atoms with Crippen LogP contribution in [0, 0.1) is 4.77 Å². The number of aromatic amines is 1. The number of halogens is 1. The summed E-state index contributed by atoms with van der Waals surface area (Å²) < 4.78 is 7.43. The fourth-order valence-electron chi connectivity index (χ4n) is 2.19. The van der Waals surface area contributed by atoms with Crippen LogP contribution in [0.2, 0.25) is 5.02 Å². The monoisotopic (exact) mass is 373 g/mol. The zero-order chi connectivity index (χ0) is 17.6. The van der Waals surface area contributed by atoms with Gasteiger partial charge in [-0.3, -0.25) is 0 Å². The Bertz CT molecular complexity index is 933. The maximum Gasteiger partial charge on any atom is 0.216 e. The lowest BCUT2D eigenvalue weighted by Gasteiger charge is -2.07. The van der Waals surface area contributed by atoms with E-state index in [0.717, 1.165) is 16.9 Å². The number of H-pyrrole nitrogens is 1. The molecule has 2 aromatic carbocycles. The van der Waals surface area contributed by atoms with Crippen molar-refractivity contribution in [2.24, 2.45) is 5.10 Å². The lowest BCUT2D eigenvalue weighted by Crippen LogP contribution is -2.10. The maximum atomic E-state index is 6.11. The third-order valence-electron chi connectivity index (χ3n) is 3.36. The second kappa shape index (κ2) is 7.96. The summed E-state index contributed by atoms with van der Waals surface area (Å²) in [6.07, 6.45) is 1.62. The first-order valence-corrected chi connectivity index (χ1v) is 8.42. The highest BCUT2D eigenvalue weighted by molar-refractivity contribution is 7.71. The molecule has 0 aliphatic rings. The quantitative estimate of drug-likeness (QED) is 0.385. The van der Waals surface area contributed by atoms with Gasteiger partial charge in [-0.2, -0.15) is 14.9 Å². The minimum atomic E-state index is 0.403. The van der Waals surface area contributed by atoms with Gasteiger partial charge in [0, 0.05) is 16.1 Å². The van der Waals surface area contributed by atoms with Crippen LogP contribution < -0.4 is 10.3 Å². The summed E-state index contributed by atoms with van der Waals surface area (Å²) in [5, 5.41) is 11.8. The van der Waals surface area contributed by atoms with Crippen LogP contribution in [0.5, 0.6) is 5.75 Å². The molecule has 1 heterocycles. The summed E-state index contributed by atoms with van der Waals surface area (Å²) in [4.78, 5) is 0. The van der Waals surface area contributed by atoms with Gasteiger partial charge in [0.2, 0.25) is 4.77 Å². The first-order valence-electron chi connectivity index (χ1n) is 7.63. The van der Waals surface area contributed by atoms with E-state index < -0.39 is 0 Å². The number of rotatable bonds is 6. The Morgan fingerprint density at radius 1 is 1.28 bits per heavy atom. The summed E-state index contributed by atoms with van der Waals surface area (Å²) in [6.45, 7) is 2.57. The highest BCUT2D eigenvalue weighted by atomic mass is 35.5. The zero-order valence-corrected chi connectivity index (χ0v) is 15.0.